The molecule has 21 heavy (non-hydrogen) atoms. The van der Waals surface area contributed by atoms with Crippen LogP contribution in [0.2, 0.25) is 0 Å². The van der Waals surface area contributed by atoms with Crippen LogP contribution in [0, 0.1) is 6.92 Å². The third-order valence-corrected chi connectivity index (χ3v) is 3.41. The second kappa shape index (κ2) is 5.37. The van der Waals surface area contributed by atoms with Crippen LogP contribution >= 0.6 is 11.6 Å². The molecule has 0 N–H and O–H groups in total. The minimum atomic E-state index is -0.226. The number of ether oxygens (including phenoxy) is 1. The molecule has 1 aromatic carbocycles. The number of halogens is 1. The predicted octanol–water partition coefficient (Wildman–Crippen LogP) is 3.08. The van der Waals surface area contributed by atoms with Gasteiger partial charge in [-0.05, 0) is 19.1 Å². The molecule has 1 unspecified atom stereocenters. The highest BCUT2D eigenvalue weighted by Gasteiger charge is 2.17. The van der Waals surface area contributed by atoms with Crippen LogP contribution in [0.15, 0.2) is 22.7 Å². The molecule has 3 aromatic rings. The summed E-state index contributed by atoms with van der Waals surface area (Å²) in [7, 11) is 1.63. The second-order valence-electron chi connectivity index (χ2n) is 4.76. The Kier molecular flexibility index (Phi) is 3.55. The zero-order valence-corrected chi connectivity index (χ0v) is 12.8. The van der Waals surface area contributed by atoms with Gasteiger partial charge in [0.15, 0.2) is 5.82 Å². The Bertz CT molecular complexity index is 778. The summed E-state index contributed by atoms with van der Waals surface area (Å²) < 4.78 is 12.2. The highest BCUT2D eigenvalue weighted by molar-refractivity contribution is 6.20. The van der Waals surface area contributed by atoms with E-state index in [2.05, 4.69) is 15.1 Å². The number of benzene rings is 1. The van der Waals surface area contributed by atoms with Crippen molar-refractivity contribution in [3.63, 3.8) is 0 Å². The molecule has 0 aliphatic carbocycles. The monoisotopic (exact) mass is 306 g/mol. The third kappa shape index (κ3) is 2.58. The van der Waals surface area contributed by atoms with E-state index in [4.69, 9.17) is 20.9 Å². The van der Waals surface area contributed by atoms with E-state index in [-0.39, 0.29) is 5.38 Å². The van der Waals surface area contributed by atoms with Crippen molar-refractivity contribution in [3.05, 3.63) is 35.7 Å². The highest BCUT2D eigenvalue weighted by atomic mass is 35.5. The quantitative estimate of drug-likeness (QED) is 0.693. The fourth-order valence-electron chi connectivity index (χ4n) is 2.27. The number of aryl methyl sites for hydroxylation is 1. The van der Waals surface area contributed by atoms with Crippen LogP contribution in [0.1, 0.15) is 29.8 Å². The number of hydrogen-bond donors (Lipinski definition) is 0. The Morgan fingerprint density at radius 1 is 1.38 bits per heavy atom. The molecule has 0 fully saturated rings. The molecule has 0 spiro atoms. The van der Waals surface area contributed by atoms with Crippen molar-refractivity contribution in [2.45, 2.75) is 25.8 Å². The second-order valence-corrected chi connectivity index (χ2v) is 5.41. The number of methoxy groups -OCH3 is 1. The first kappa shape index (κ1) is 13.9. The van der Waals surface area contributed by atoms with Crippen molar-refractivity contribution in [2.24, 2.45) is 0 Å². The van der Waals surface area contributed by atoms with Crippen LogP contribution in [0.25, 0.3) is 11.0 Å². The van der Waals surface area contributed by atoms with Gasteiger partial charge in [0.1, 0.15) is 11.6 Å². The number of nitrogens with zero attached hydrogens (tertiary/aromatic N) is 4. The summed E-state index contributed by atoms with van der Waals surface area (Å²) in [5, 5.41) is 3.70. The minimum absolute atomic E-state index is 0.226. The van der Waals surface area contributed by atoms with Gasteiger partial charge in [-0.15, -0.1) is 11.6 Å². The number of fused-ring (bicyclic) bond motifs is 1. The Balaban J connectivity index is 2.11. The molecule has 1 atom stereocenters. The standard InChI is InChI=1S/C14H15ClN4O2/c1-8(15)14-17-11-6-10(20-3)4-5-12(11)19(14)7-13-16-9(2)21-18-13/h4-6,8H,7H2,1-3H3. The topological polar surface area (TPSA) is 66.0 Å². The van der Waals surface area contributed by atoms with E-state index >= 15 is 0 Å². The molecular weight excluding hydrogens is 292 g/mol. The van der Waals surface area contributed by atoms with Gasteiger partial charge in [-0.2, -0.15) is 4.98 Å². The third-order valence-electron chi connectivity index (χ3n) is 3.21. The summed E-state index contributed by atoms with van der Waals surface area (Å²) in [6.07, 6.45) is 0. The van der Waals surface area contributed by atoms with Gasteiger partial charge in [0.2, 0.25) is 5.89 Å². The Morgan fingerprint density at radius 3 is 2.81 bits per heavy atom. The maximum Gasteiger partial charge on any atom is 0.223 e. The molecule has 2 aromatic heterocycles. The molecule has 110 valence electrons. The lowest BCUT2D eigenvalue weighted by Gasteiger charge is -2.08. The lowest BCUT2D eigenvalue weighted by molar-refractivity contribution is 0.386. The van der Waals surface area contributed by atoms with Crippen molar-refractivity contribution < 1.29 is 9.26 Å². The Labute approximate surface area is 126 Å². The lowest BCUT2D eigenvalue weighted by Crippen LogP contribution is -2.07. The van der Waals surface area contributed by atoms with Crippen molar-refractivity contribution in [1.82, 2.24) is 19.7 Å². The van der Waals surface area contributed by atoms with Crippen molar-refractivity contribution >= 4 is 22.6 Å². The largest absolute Gasteiger partial charge is 0.497 e. The summed E-state index contributed by atoms with van der Waals surface area (Å²) in [6, 6.07) is 5.73. The molecular formula is C14H15ClN4O2. The lowest BCUT2D eigenvalue weighted by atomic mass is 10.3. The molecule has 0 saturated carbocycles. The van der Waals surface area contributed by atoms with Crippen molar-refractivity contribution in [3.8, 4) is 5.75 Å². The molecule has 0 bridgehead atoms. The number of imidazole rings is 1. The maximum absolute atomic E-state index is 6.25. The van der Waals surface area contributed by atoms with Gasteiger partial charge in [0.05, 0.1) is 30.1 Å². The van der Waals surface area contributed by atoms with E-state index in [0.717, 1.165) is 22.6 Å². The van der Waals surface area contributed by atoms with Crippen molar-refractivity contribution in [1.29, 1.82) is 0 Å². The van der Waals surface area contributed by atoms with Gasteiger partial charge in [-0.3, -0.25) is 0 Å². The zero-order chi connectivity index (χ0) is 15.0. The van der Waals surface area contributed by atoms with Crippen LogP contribution in [-0.2, 0) is 6.54 Å². The SMILES string of the molecule is COc1ccc2c(c1)nc(C(C)Cl)n2Cc1noc(C)n1. The number of hydrogen-bond acceptors (Lipinski definition) is 5. The summed E-state index contributed by atoms with van der Waals surface area (Å²) in [5.74, 6) is 2.66. The van der Waals surface area contributed by atoms with Gasteiger partial charge >= 0.3 is 0 Å². The average molecular weight is 307 g/mol. The summed E-state index contributed by atoms with van der Waals surface area (Å²) in [6.45, 7) is 4.11. The molecule has 6 nitrogen and oxygen atoms in total. The van der Waals surface area contributed by atoms with Crippen LogP contribution in [-0.4, -0.2) is 26.8 Å². The van der Waals surface area contributed by atoms with Gasteiger partial charge in [-0.1, -0.05) is 5.16 Å². The molecule has 2 heterocycles. The van der Waals surface area contributed by atoms with Crippen LogP contribution in [0.3, 0.4) is 0 Å². The van der Waals surface area contributed by atoms with Gasteiger partial charge in [0, 0.05) is 13.0 Å². The first-order chi connectivity index (χ1) is 10.1. The normalized spacial score (nSPS) is 12.8. The maximum atomic E-state index is 6.25. The van der Waals surface area contributed by atoms with Gasteiger partial charge in [-0.25, -0.2) is 4.98 Å². The molecule has 0 saturated heterocycles. The Hall–Kier alpha value is -2.08. The Morgan fingerprint density at radius 2 is 2.19 bits per heavy atom. The molecule has 3 rings (SSSR count). The van der Waals surface area contributed by atoms with Crippen LogP contribution in [0.4, 0.5) is 0 Å². The number of alkyl halides is 1. The van der Waals surface area contributed by atoms with E-state index in [9.17, 15) is 0 Å². The fraction of sp³-hybridized carbons (Fsp3) is 0.357. The minimum Gasteiger partial charge on any atom is -0.497 e. The van der Waals surface area contributed by atoms with Crippen molar-refractivity contribution in [2.75, 3.05) is 7.11 Å². The smallest absolute Gasteiger partial charge is 0.223 e. The van der Waals surface area contributed by atoms with E-state index in [1.54, 1.807) is 14.0 Å². The molecule has 0 aliphatic rings. The van der Waals surface area contributed by atoms with E-state index in [0.29, 0.717) is 18.3 Å². The van der Waals surface area contributed by atoms with Crippen LogP contribution < -0.4 is 4.74 Å². The predicted molar refractivity (Wildman–Crippen MR) is 78.7 cm³/mol. The van der Waals surface area contributed by atoms with Gasteiger partial charge < -0.3 is 13.8 Å². The molecule has 0 aliphatic heterocycles. The highest BCUT2D eigenvalue weighted by Crippen LogP contribution is 2.27. The molecule has 0 radical (unpaired) electrons. The van der Waals surface area contributed by atoms with E-state index in [1.165, 1.54) is 0 Å². The number of aromatic nitrogens is 4. The van der Waals surface area contributed by atoms with Crippen LogP contribution in [0.5, 0.6) is 5.75 Å². The summed E-state index contributed by atoms with van der Waals surface area (Å²) in [5.41, 5.74) is 1.79. The molecule has 0 amide bonds. The fourth-order valence-corrected chi connectivity index (χ4v) is 2.44. The van der Waals surface area contributed by atoms with E-state index < -0.39 is 0 Å². The van der Waals surface area contributed by atoms with Gasteiger partial charge in [0.25, 0.3) is 0 Å². The number of rotatable bonds is 4. The average Bonchev–Trinajstić information content (AvgIpc) is 3.03. The first-order valence-electron chi connectivity index (χ1n) is 6.56. The zero-order valence-electron chi connectivity index (χ0n) is 12.0. The van der Waals surface area contributed by atoms with E-state index in [1.807, 2.05) is 29.7 Å². The first-order valence-corrected chi connectivity index (χ1v) is 6.99. The molecule has 7 heteroatoms. The summed E-state index contributed by atoms with van der Waals surface area (Å²) >= 11 is 6.25. The summed E-state index contributed by atoms with van der Waals surface area (Å²) in [4.78, 5) is 8.82.